The van der Waals surface area contributed by atoms with E-state index in [1.807, 2.05) is 36.7 Å². The summed E-state index contributed by atoms with van der Waals surface area (Å²) in [4.78, 5) is 14.5. The van der Waals surface area contributed by atoms with Crippen molar-refractivity contribution in [3.63, 3.8) is 0 Å². The molecule has 0 saturated carbocycles. The van der Waals surface area contributed by atoms with Crippen LogP contribution in [-0.2, 0) is 0 Å². The predicted octanol–water partition coefficient (Wildman–Crippen LogP) is 10.9. The van der Waals surface area contributed by atoms with Crippen molar-refractivity contribution in [2.45, 2.75) is 0 Å². The van der Waals surface area contributed by atoms with Gasteiger partial charge in [-0.2, -0.15) is 0 Å². The average molecular weight is 642 g/mol. The zero-order chi connectivity index (χ0) is 33.0. The largest absolute Gasteiger partial charge is 0.461 e. The van der Waals surface area contributed by atoms with Gasteiger partial charge in [0.05, 0.1) is 22.6 Å². The molecule has 1 aliphatic heterocycles. The van der Waals surface area contributed by atoms with Crippen molar-refractivity contribution >= 4 is 44.7 Å². The minimum atomic E-state index is 0.688. The van der Waals surface area contributed by atoms with Crippen LogP contribution in [0.4, 0.5) is 5.82 Å². The molecule has 0 saturated heterocycles. The highest BCUT2D eigenvalue weighted by Crippen LogP contribution is 2.41. The lowest BCUT2D eigenvalue weighted by Crippen LogP contribution is -1.97. The van der Waals surface area contributed by atoms with Gasteiger partial charge >= 0.3 is 0 Å². The Morgan fingerprint density at radius 3 is 1.96 bits per heavy atom. The molecule has 50 heavy (non-hydrogen) atoms. The summed E-state index contributed by atoms with van der Waals surface area (Å²) in [5, 5.41) is 8.43. The van der Waals surface area contributed by atoms with Crippen LogP contribution in [-0.4, -0.2) is 30.6 Å². The summed E-state index contributed by atoms with van der Waals surface area (Å²) in [6.07, 6.45) is 7.99. The SMILES string of the molecule is C1=Cc2c(n(-c3ccc(-c4cc(-c5ccc(-n6c7ccccc7c7cccnc76)cc5)nc(-c5ccccn5)c4)cc3)c3ccccc23)[N-]C1. The lowest BCUT2D eigenvalue weighted by atomic mass is 10.0. The lowest BCUT2D eigenvalue weighted by molar-refractivity contribution is 1.12. The molecule has 0 atom stereocenters. The highest BCUT2D eigenvalue weighted by atomic mass is 15.1. The highest BCUT2D eigenvalue weighted by molar-refractivity contribution is 6.07. The first-order valence-corrected chi connectivity index (χ1v) is 16.8. The smallest absolute Gasteiger partial charge is 0.145 e. The first kappa shape index (κ1) is 28.2. The van der Waals surface area contributed by atoms with Crippen LogP contribution < -0.4 is 0 Å². The average Bonchev–Trinajstić information content (AvgIpc) is 3.71. The van der Waals surface area contributed by atoms with E-state index >= 15 is 0 Å². The quantitative estimate of drug-likeness (QED) is 0.188. The Morgan fingerprint density at radius 2 is 1.16 bits per heavy atom. The van der Waals surface area contributed by atoms with Gasteiger partial charge < -0.3 is 9.88 Å². The number of para-hydroxylation sites is 2. The van der Waals surface area contributed by atoms with Crippen LogP contribution >= 0.6 is 0 Å². The molecule has 0 N–H and O–H groups in total. The Kier molecular flexibility index (Phi) is 6.45. The first-order chi connectivity index (χ1) is 24.8. The van der Waals surface area contributed by atoms with Crippen LogP contribution in [0, 0.1) is 0 Å². The molecule has 0 amide bonds. The fourth-order valence-corrected chi connectivity index (χ4v) is 7.27. The van der Waals surface area contributed by atoms with E-state index in [2.05, 4.69) is 142 Å². The van der Waals surface area contributed by atoms with E-state index < -0.39 is 0 Å². The van der Waals surface area contributed by atoms with Gasteiger partial charge in [-0.25, -0.2) is 9.97 Å². The Balaban J connectivity index is 1.07. The number of pyridine rings is 3. The summed E-state index contributed by atoms with van der Waals surface area (Å²) in [6.45, 7) is 0.688. The maximum absolute atomic E-state index is 5.13. The summed E-state index contributed by atoms with van der Waals surface area (Å²) >= 11 is 0. The third kappa shape index (κ3) is 4.54. The lowest BCUT2D eigenvalue weighted by Gasteiger charge is -2.24. The van der Waals surface area contributed by atoms with Crippen LogP contribution in [0.5, 0.6) is 0 Å². The Labute approximate surface area is 288 Å². The summed E-state index contributed by atoms with van der Waals surface area (Å²) in [5.74, 6) is 1.00. The van der Waals surface area contributed by atoms with Crippen LogP contribution in [0.2, 0.25) is 0 Å². The molecule has 0 unspecified atom stereocenters. The van der Waals surface area contributed by atoms with Crippen LogP contribution in [0.15, 0.2) is 158 Å². The van der Waals surface area contributed by atoms with Gasteiger partial charge in [0.15, 0.2) is 0 Å². The van der Waals surface area contributed by atoms with Gasteiger partial charge in [0.25, 0.3) is 0 Å². The van der Waals surface area contributed by atoms with Crippen LogP contribution in [0.1, 0.15) is 5.56 Å². The van der Waals surface area contributed by atoms with Gasteiger partial charge in [-0.3, -0.25) is 9.55 Å². The molecular weight excluding hydrogens is 613 g/mol. The van der Waals surface area contributed by atoms with Crippen molar-refractivity contribution in [1.82, 2.24) is 24.1 Å². The van der Waals surface area contributed by atoms with Crippen molar-refractivity contribution in [2.24, 2.45) is 0 Å². The van der Waals surface area contributed by atoms with E-state index in [4.69, 9.17) is 15.3 Å². The third-order valence-corrected chi connectivity index (χ3v) is 9.59. The predicted molar refractivity (Wildman–Crippen MR) is 204 cm³/mol. The van der Waals surface area contributed by atoms with E-state index in [-0.39, 0.29) is 0 Å². The molecule has 236 valence electrons. The number of rotatable bonds is 5. The van der Waals surface area contributed by atoms with E-state index in [1.165, 1.54) is 16.3 Å². The first-order valence-electron chi connectivity index (χ1n) is 16.8. The molecule has 0 aliphatic carbocycles. The number of aromatic nitrogens is 5. The Hall–Kier alpha value is -6.79. The second-order valence-corrected chi connectivity index (χ2v) is 12.5. The topological polar surface area (TPSA) is 62.6 Å². The van der Waals surface area contributed by atoms with Gasteiger partial charge in [0.2, 0.25) is 0 Å². The van der Waals surface area contributed by atoms with E-state index in [1.54, 1.807) is 0 Å². The van der Waals surface area contributed by atoms with Crippen molar-refractivity contribution in [3.05, 3.63) is 169 Å². The van der Waals surface area contributed by atoms with Crippen molar-refractivity contribution < 1.29 is 0 Å². The molecule has 0 spiro atoms. The number of fused-ring (bicyclic) bond motifs is 6. The molecule has 6 heteroatoms. The van der Waals surface area contributed by atoms with Crippen molar-refractivity contribution in [1.29, 1.82) is 0 Å². The highest BCUT2D eigenvalue weighted by Gasteiger charge is 2.15. The van der Waals surface area contributed by atoms with Crippen LogP contribution in [0.25, 0.3) is 89.4 Å². The van der Waals surface area contributed by atoms with Gasteiger partial charge in [0.1, 0.15) is 5.65 Å². The molecule has 4 aromatic carbocycles. The second-order valence-electron chi connectivity index (χ2n) is 12.5. The summed E-state index contributed by atoms with van der Waals surface area (Å²) < 4.78 is 4.50. The van der Waals surface area contributed by atoms with Crippen molar-refractivity contribution in [3.8, 4) is 45.1 Å². The normalized spacial score (nSPS) is 12.4. The molecule has 6 heterocycles. The number of nitrogens with zero attached hydrogens (tertiary/aromatic N) is 6. The minimum Gasteiger partial charge on any atom is -0.461 e. The third-order valence-electron chi connectivity index (χ3n) is 9.59. The Morgan fingerprint density at radius 1 is 0.500 bits per heavy atom. The second kappa shape index (κ2) is 11.4. The molecule has 6 nitrogen and oxygen atoms in total. The molecule has 0 bridgehead atoms. The maximum Gasteiger partial charge on any atom is 0.145 e. The fourth-order valence-electron chi connectivity index (χ4n) is 7.27. The fraction of sp³-hybridized carbons (Fsp3) is 0.0227. The number of benzene rings is 4. The van der Waals surface area contributed by atoms with E-state index in [0.717, 1.165) is 73.0 Å². The molecule has 5 aromatic heterocycles. The van der Waals surface area contributed by atoms with Crippen LogP contribution in [0.3, 0.4) is 0 Å². The number of hydrogen-bond donors (Lipinski definition) is 0. The van der Waals surface area contributed by atoms with E-state index in [0.29, 0.717) is 6.54 Å². The van der Waals surface area contributed by atoms with Crippen molar-refractivity contribution in [2.75, 3.05) is 6.54 Å². The van der Waals surface area contributed by atoms with Gasteiger partial charge in [-0.1, -0.05) is 97.1 Å². The standard InChI is InChI=1S/C44H29N6/c1-3-14-41-34(9-1)36-11-7-25-46-43(36)49(41)32-20-16-29(17-21-32)31-27-39(48-40(28-31)38-13-5-6-24-45-38)30-18-22-33(23-19-30)50-42-15-4-2-10-35(42)37-12-8-26-47-44(37)50/h1-24,26-28H,25H2/q-1. The molecular formula is C44H29N6-. The summed E-state index contributed by atoms with van der Waals surface area (Å²) in [7, 11) is 0. The summed E-state index contributed by atoms with van der Waals surface area (Å²) in [6, 6.07) is 48.7. The monoisotopic (exact) mass is 641 g/mol. The molecule has 0 fully saturated rings. The molecule has 9 aromatic rings. The van der Waals surface area contributed by atoms with Gasteiger partial charge in [-0.15, -0.1) is 0 Å². The molecule has 0 radical (unpaired) electrons. The summed E-state index contributed by atoms with van der Waals surface area (Å²) in [5.41, 5.74) is 12.3. The van der Waals surface area contributed by atoms with Gasteiger partial charge in [0, 0.05) is 34.4 Å². The molecule has 1 aliphatic rings. The van der Waals surface area contributed by atoms with Gasteiger partial charge in [-0.05, 0) is 100 Å². The zero-order valence-corrected chi connectivity index (χ0v) is 27.0. The zero-order valence-electron chi connectivity index (χ0n) is 27.0. The Bertz CT molecular complexity index is 2680. The number of hydrogen-bond acceptors (Lipinski definition) is 3. The minimum absolute atomic E-state index is 0.688. The van der Waals surface area contributed by atoms with E-state index in [9.17, 15) is 0 Å². The molecule has 10 rings (SSSR count). The maximum atomic E-state index is 5.13.